The number of aryl methyl sites for hydroxylation is 2. The van der Waals surface area contributed by atoms with Crippen LogP contribution < -0.4 is 5.32 Å². The molecule has 1 unspecified atom stereocenters. The Bertz CT molecular complexity index is 604. The molecule has 21 heavy (non-hydrogen) atoms. The van der Waals surface area contributed by atoms with Crippen LogP contribution in [0.3, 0.4) is 0 Å². The maximum Gasteiger partial charge on any atom is 0.123 e. The van der Waals surface area contributed by atoms with Gasteiger partial charge in [0.1, 0.15) is 5.82 Å². The summed E-state index contributed by atoms with van der Waals surface area (Å²) in [5.74, 6) is -0.208. The molecule has 3 heteroatoms. The van der Waals surface area contributed by atoms with Gasteiger partial charge in [-0.3, -0.25) is 0 Å². The molecule has 0 radical (unpaired) electrons. The molecule has 0 heterocycles. The highest BCUT2D eigenvalue weighted by atomic mass is 79.9. The van der Waals surface area contributed by atoms with Gasteiger partial charge in [0, 0.05) is 4.47 Å². The predicted molar refractivity (Wildman–Crippen MR) is 90.2 cm³/mol. The van der Waals surface area contributed by atoms with E-state index in [0.717, 1.165) is 23.0 Å². The molecule has 0 fully saturated rings. The molecule has 2 rings (SSSR count). The standard InChI is InChI=1S/C18H21BrFN/c1-4-7-21-18(14-9-12(2)8-13(3)10-14)16-11-15(20)5-6-17(16)19/h5-6,8-11,18,21H,4,7H2,1-3H3. The van der Waals surface area contributed by atoms with E-state index in [1.165, 1.54) is 22.8 Å². The number of hydrogen-bond donors (Lipinski definition) is 1. The van der Waals surface area contributed by atoms with Crippen LogP contribution >= 0.6 is 15.9 Å². The van der Waals surface area contributed by atoms with E-state index in [2.05, 4.69) is 60.2 Å². The Balaban J connectivity index is 2.49. The van der Waals surface area contributed by atoms with Crippen molar-refractivity contribution in [1.82, 2.24) is 5.32 Å². The van der Waals surface area contributed by atoms with Gasteiger partial charge in [-0.2, -0.15) is 0 Å². The van der Waals surface area contributed by atoms with Gasteiger partial charge >= 0.3 is 0 Å². The van der Waals surface area contributed by atoms with Crippen LogP contribution in [0, 0.1) is 19.7 Å². The van der Waals surface area contributed by atoms with Crippen LogP contribution in [0.25, 0.3) is 0 Å². The summed E-state index contributed by atoms with van der Waals surface area (Å²) < 4.78 is 14.6. The zero-order valence-electron chi connectivity index (χ0n) is 12.7. The van der Waals surface area contributed by atoms with Crippen LogP contribution in [0.5, 0.6) is 0 Å². The number of hydrogen-bond acceptors (Lipinski definition) is 1. The van der Waals surface area contributed by atoms with E-state index in [0.29, 0.717) is 0 Å². The third kappa shape index (κ3) is 4.14. The minimum atomic E-state index is -0.208. The monoisotopic (exact) mass is 349 g/mol. The van der Waals surface area contributed by atoms with Gasteiger partial charge in [0.2, 0.25) is 0 Å². The van der Waals surface area contributed by atoms with Crippen molar-refractivity contribution in [2.75, 3.05) is 6.54 Å². The van der Waals surface area contributed by atoms with Crippen molar-refractivity contribution in [3.05, 3.63) is 68.9 Å². The molecular weight excluding hydrogens is 329 g/mol. The van der Waals surface area contributed by atoms with Crippen molar-refractivity contribution in [2.24, 2.45) is 0 Å². The van der Waals surface area contributed by atoms with E-state index in [1.54, 1.807) is 12.1 Å². The van der Waals surface area contributed by atoms with Crippen molar-refractivity contribution < 1.29 is 4.39 Å². The number of benzene rings is 2. The summed E-state index contributed by atoms with van der Waals surface area (Å²) in [6.45, 7) is 7.20. The highest BCUT2D eigenvalue weighted by Gasteiger charge is 2.17. The maximum absolute atomic E-state index is 13.7. The van der Waals surface area contributed by atoms with Gasteiger partial charge in [-0.25, -0.2) is 4.39 Å². The first-order valence-electron chi connectivity index (χ1n) is 7.27. The van der Waals surface area contributed by atoms with Crippen molar-refractivity contribution in [3.8, 4) is 0 Å². The van der Waals surface area contributed by atoms with Crippen LogP contribution in [-0.2, 0) is 0 Å². The van der Waals surface area contributed by atoms with E-state index in [-0.39, 0.29) is 11.9 Å². The molecule has 0 amide bonds. The average Bonchev–Trinajstić information content (AvgIpc) is 2.42. The summed E-state index contributed by atoms with van der Waals surface area (Å²) in [5.41, 5.74) is 4.56. The van der Waals surface area contributed by atoms with E-state index < -0.39 is 0 Å². The minimum absolute atomic E-state index is 0.00590. The summed E-state index contributed by atoms with van der Waals surface area (Å²) in [4.78, 5) is 0. The third-order valence-electron chi connectivity index (χ3n) is 3.44. The zero-order valence-corrected chi connectivity index (χ0v) is 14.3. The molecule has 0 saturated carbocycles. The molecule has 1 nitrogen and oxygen atoms in total. The molecule has 0 aliphatic heterocycles. The molecule has 1 N–H and O–H groups in total. The van der Waals surface area contributed by atoms with E-state index in [4.69, 9.17) is 0 Å². The Kier molecular flexibility index (Phi) is 5.54. The van der Waals surface area contributed by atoms with E-state index in [9.17, 15) is 4.39 Å². The SMILES string of the molecule is CCCNC(c1cc(C)cc(C)c1)c1cc(F)ccc1Br. The first-order valence-corrected chi connectivity index (χ1v) is 8.07. The second-order valence-electron chi connectivity index (χ2n) is 5.47. The van der Waals surface area contributed by atoms with Crippen LogP contribution in [0.2, 0.25) is 0 Å². The molecule has 112 valence electrons. The molecule has 1 atom stereocenters. The van der Waals surface area contributed by atoms with Gasteiger partial charge in [0.15, 0.2) is 0 Å². The van der Waals surface area contributed by atoms with Crippen LogP contribution in [0.4, 0.5) is 4.39 Å². The van der Waals surface area contributed by atoms with Crippen molar-refractivity contribution in [3.63, 3.8) is 0 Å². The zero-order chi connectivity index (χ0) is 15.4. The Labute approximate surface area is 134 Å². The fraction of sp³-hybridized carbons (Fsp3) is 0.333. The first-order chi connectivity index (χ1) is 10.0. The Morgan fingerprint density at radius 2 is 1.76 bits per heavy atom. The number of nitrogens with one attached hydrogen (secondary N) is 1. The second kappa shape index (κ2) is 7.19. The van der Waals surface area contributed by atoms with Crippen LogP contribution in [0.1, 0.15) is 41.6 Å². The molecule has 2 aromatic carbocycles. The second-order valence-corrected chi connectivity index (χ2v) is 6.33. The predicted octanol–water partition coefficient (Wildman–Crippen LogP) is 5.29. The quantitative estimate of drug-likeness (QED) is 0.772. The van der Waals surface area contributed by atoms with Crippen molar-refractivity contribution in [2.45, 2.75) is 33.2 Å². The summed E-state index contributed by atoms with van der Waals surface area (Å²) in [7, 11) is 0. The summed E-state index contributed by atoms with van der Waals surface area (Å²) in [5, 5.41) is 3.53. The third-order valence-corrected chi connectivity index (χ3v) is 4.17. The molecule has 0 aliphatic rings. The Morgan fingerprint density at radius 3 is 2.38 bits per heavy atom. The normalized spacial score (nSPS) is 12.4. The number of rotatable bonds is 5. The molecule has 0 bridgehead atoms. The van der Waals surface area contributed by atoms with Gasteiger partial charge in [0.05, 0.1) is 6.04 Å². The molecular formula is C18H21BrFN. The summed E-state index contributed by atoms with van der Waals surface area (Å²) in [6, 6.07) is 11.3. The fourth-order valence-electron chi connectivity index (χ4n) is 2.61. The van der Waals surface area contributed by atoms with Crippen molar-refractivity contribution >= 4 is 15.9 Å². The van der Waals surface area contributed by atoms with Gasteiger partial charge in [-0.05, 0) is 56.1 Å². The van der Waals surface area contributed by atoms with Gasteiger partial charge in [-0.1, -0.05) is 52.2 Å². The van der Waals surface area contributed by atoms with Gasteiger partial charge in [0.25, 0.3) is 0 Å². The van der Waals surface area contributed by atoms with E-state index >= 15 is 0 Å². The fourth-order valence-corrected chi connectivity index (χ4v) is 3.08. The lowest BCUT2D eigenvalue weighted by Gasteiger charge is -2.22. The first kappa shape index (κ1) is 16.2. The molecule has 0 aliphatic carbocycles. The average molecular weight is 350 g/mol. The van der Waals surface area contributed by atoms with Crippen LogP contribution in [0.15, 0.2) is 40.9 Å². The maximum atomic E-state index is 13.7. The lowest BCUT2D eigenvalue weighted by atomic mass is 9.95. The summed E-state index contributed by atoms with van der Waals surface area (Å²) >= 11 is 3.55. The number of halogens is 2. The van der Waals surface area contributed by atoms with Crippen molar-refractivity contribution in [1.29, 1.82) is 0 Å². The smallest absolute Gasteiger partial charge is 0.123 e. The van der Waals surface area contributed by atoms with Gasteiger partial charge in [-0.15, -0.1) is 0 Å². The largest absolute Gasteiger partial charge is 0.306 e. The van der Waals surface area contributed by atoms with Gasteiger partial charge < -0.3 is 5.32 Å². The molecule has 0 aromatic heterocycles. The lowest BCUT2D eigenvalue weighted by molar-refractivity contribution is 0.583. The Morgan fingerprint density at radius 1 is 1.10 bits per heavy atom. The Hall–Kier alpha value is -1.19. The highest BCUT2D eigenvalue weighted by molar-refractivity contribution is 9.10. The molecule has 0 spiro atoms. The lowest BCUT2D eigenvalue weighted by Crippen LogP contribution is -2.24. The minimum Gasteiger partial charge on any atom is -0.306 e. The highest BCUT2D eigenvalue weighted by Crippen LogP contribution is 2.30. The topological polar surface area (TPSA) is 12.0 Å². The summed E-state index contributed by atoms with van der Waals surface area (Å²) in [6.07, 6.45) is 1.04. The molecule has 2 aromatic rings. The van der Waals surface area contributed by atoms with E-state index in [1.807, 2.05) is 0 Å². The van der Waals surface area contributed by atoms with Crippen LogP contribution in [-0.4, -0.2) is 6.54 Å². The molecule has 0 saturated heterocycles.